The molecule has 2 atom stereocenters. The fraction of sp³-hybridized carbons (Fsp3) is 0.414. The number of halogens is 1. The van der Waals surface area contributed by atoms with Crippen molar-refractivity contribution in [2.45, 2.75) is 63.2 Å². The number of carbonyl (C=O) groups excluding carboxylic acids is 2. The van der Waals surface area contributed by atoms with Crippen molar-refractivity contribution in [1.29, 1.82) is 0 Å². The molecule has 192 valence electrons. The lowest BCUT2D eigenvalue weighted by molar-refractivity contribution is -0.144. The molecule has 2 saturated carbocycles. The molecule has 2 fully saturated rings. The van der Waals surface area contributed by atoms with Crippen LogP contribution in [0.3, 0.4) is 0 Å². The van der Waals surface area contributed by atoms with Crippen LogP contribution in [0, 0.1) is 12.3 Å². The summed E-state index contributed by atoms with van der Waals surface area (Å²) < 4.78 is 5.37. The van der Waals surface area contributed by atoms with Crippen LogP contribution in [0.4, 0.5) is 11.5 Å². The van der Waals surface area contributed by atoms with E-state index < -0.39 is 16.3 Å². The standard InChI is InChI=1S/C29H31BrN4O3/c1-3-37-28(36)23(34-25-24(30)26(35)29(25)12-5-4-6-13-29)16-19-7-9-21(10-8-19)33-27-22-17-31-14-11-20(22)15-18(2)32-27/h7-11,14-15,17,23-24H,3-6,12-13,16H2,1-2H3,(H,32,33)/t23-,24?/m0/s1. The number of anilines is 2. The minimum Gasteiger partial charge on any atom is -0.464 e. The number of aromatic nitrogens is 2. The number of fused-ring (bicyclic) bond motifs is 1. The summed E-state index contributed by atoms with van der Waals surface area (Å²) in [5.41, 5.74) is 3.09. The first kappa shape index (κ1) is 25.5. The van der Waals surface area contributed by atoms with E-state index in [9.17, 15) is 9.59 Å². The number of carbonyl (C=O) groups is 2. The maximum Gasteiger partial charge on any atom is 0.331 e. The summed E-state index contributed by atoms with van der Waals surface area (Å²) in [4.78, 5) is 39.1. The van der Waals surface area contributed by atoms with E-state index in [2.05, 4.69) is 31.2 Å². The van der Waals surface area contributed by atoms with Crippen LogP contribution in [-0.4, -0.2) is 44.9 Å². The molecular weight excluding hydrogens is 532 g/mol. The third-order valence-corrected chi connectivity index (χ3v) is 8.25. The third-order valence-electron chi connectivity index (χ3n) is 7.40. The highest BCUT2D eigenvalue weighted by Gasteiger charge is 2.58. The lowest BCUT2D eigenvalue weighted by Crippen LogP contribution is -2.61. The summed E-state index contributed by atoms with van der Waals surface area (Å²) >= 11 is 3.52. The number of ether oxygens (including phenoxy) is 1. The van der Waals surface area contributed by atoms with Gasteiger partial charge in [-0.05, 0) is 61.9 Å². The van der Waals surface area contributed by atoms with Crippen molar-refractivity contribution in [3.05, 3.63) is 60.0 Å². The van der Waals surface area contributed by atoms with Crippen molar-refractivity contribution in [3.63, 3.8) is 0 Å². The fourth-order valence-corrected chi connectivity index (χ4v) is 6.49. The highest BCUT2D eigenvalue weighted by molar-refractivity contribution is 9.10. The normalized spacial score (nSPS) is 20.6. The quantitative estimate of drug-likeness (QED) is 0.285. The predicted octanol–water partition coefficient (Wildman–Crippen LogP) is 5.89. The number of nitrogens with zero attached hydrogens (tertiary/aromatic N) is 3. The summed E-state index contributed by atoms with van der Waals surface area (Å²) in [6.07, 6.45) is 8.80. The molecule has 1 aromatic carbocycles. The highest BCUT2D eigenvalue weighted by Crippen LogP contribution is 2.49. The number of esters is 1. The Kier molecular flexibility index (Phi) is 7.38. The Bertz CT molecular complexity index is 1350. The van der Waals surface area contributed by atoms with Gasteiger partial charge in [0.1, 0.15) is 10.6 Å². The Morgan fingerprint density at radius 1 is 1.22 bits per heavy atom. The minimum absolute atomic E-state index is 0.205. The molecule has 0 bridgehead atoms. The first-order chi connectivity index (χ1) is 17.9. The summed E-state index contributed by atoms with van der Waals surface area (Å²) in [5.74, 6) is 0.601. The number of rotatable bonds is 7. The summed E-state index contributed by atoms with van der Waals surface area (Å²) in [5, 5.41) is 5.42. The maximum absolute atomic E-state index is 12.9. The van der Waals surface area contributed by atoms with Gasteiger partial charge < -0.3 is 10.1 Å². The Morgan fingerprint density at radius 3 is 2.70 bits per heavy atom. The monoisotopic (exact) mass is 562 g/mol. The molecule has 37 heavy (non-hydrogen) atoms. The van der Waals surface area contributed by atoms with Crippen molar-refractivity contribution in [3.8, 4) is 0 Å². The summed E-state index contributed by atoms with van der Waals surface area (Å²) in [6, 6.07) is 11.2. The van der Waals surface area contributed by atoms with E-state index in [-0.39, 0.29) is 18.4 Å². The molecule has 1 unspecified atom stereocenters. The molecule has 0 radical (unpaired) electrons. The Balaban J connectivity index is 1.37. The van der Waals surface area contributed by atoms with Crippen LogP contribution < -0.4 is 5.32 Å². The van der Waals surface area contributed by atoms with Crippen LogP contribution in [-0.2, 0) is 20.7 Å². The largest absolute Gasteiger partial charge is 0.464 e. The molecule has 1 spiro atoms. The maximum atomic E-state index is 12.9. The second-order valence-corrected chi connectivity index (χ2v) is 10.8. The zero-order valence-corrected chi connectivity index (χ0v) is 22.8. The fourth-order valence-electron chi connectivity index (χ4n) is 5.49. The van der Waals surface area contributed by atoms with Gasteiger partial charge in [-0.25, -0.2) is 9.78 Å². The van der Waals surface area contributed by atoms with Crippen LogP contribution in [0.5, 0.6) is 0 Å². The van der Waals surface area contributed by atoms with Crippen molar-refractivity contribution >= 4 is 55.7 Å². The topological polar surface area (TPSA) is 93.5 Å². The molecule has 2 aliphatic rings. The number of nitrogens with one attached hydrogen (secondary N) is 1. The average molecular weight is 563 g/mol. The van der Waals surface area contributed by atoms with Crippen LogP contribution in [0.2, 0.25) is 0 Å². The molecule has 5 rings (SSSR count). The number of benzene rings is 1. The van der Waals surface area contributed by atoms with Gasteiger partial charge in [0.2, 0.25) is 0 Å². The van der Waals surface area contributed by atoms with E-state index in [1.807, 2.05) is 49.5 Å². The smallest absolute Gasteiger partial charge is 0.331 e. The lowest BCUT2D eigenvalue weighted by Gasteiger charge is -2.47. The van der Waals surface area contributed by atoms with E-state index in [0.717, 1.165) is 71.4 Å². The average Bonchev–Trinajstić information content (AvgIpc) is 2.92. The Morgan fingerprint density at radius 2 is 1.97 bits per heavy atom. The third kappa shape index (κ3) is 5.04. The molecule has 8 heteroatoms. The lowest BCUT2D eigenvalue weighted by atomic mass is 9.58. The molecule has 2 heterocycles. The van der Waals surface area contributed by atoms with Crippen LogP contribution >= 0.6 is 15.9 Å². The molecule has 2 aliphatic carbocycles. The number of ketones is 1. The number of pyridine rings is 2. The van der Waals surface area contributed by atoms with E-state index in [1.165, 1.54) is 0 Å². The van der Waals surface area contributed by atoms with Crippen LogP contribution in [0.1, 0.15) is 50.3 Å². The van der Waals surface area contributed by atoms with Gasteiger partial charge in [-0.2, -0.15) is 0 Å². The minimum atomic E-state index is -0.686. The molecule has 1 N–H and O–H groups in total. The van der Waals surface area contributed by atoms with Gasteiger partial charge in [0.25, 0.3) is 0 Å². The molecule has 0 amide bonds. The molecule has 3 aromatic rings. The van der Waals surface area contributed by atoms with Crippen molar-refractivity contribution in [2.75, 3.05) is 11.9 Å². The number of alkyl halides is 1. The Hall–Kier alpha value is -3.13. The molecule has 7 nitrogen and oxygen atoms in total. The van der Waals surface area contributed by atoms with Gasteiger partial charge >= 0.3 is 5.97 Å². The molecule has 0 saturated heterocycles. The van der Waals surface area contributed by atoms with Gasteiger partial charge in [-0.3, -0.25) is 14.8 Å². The summed E-state index contributed by atoms with van der Waals surface area (Å²) in [7, 11) is 0. The van der Waals surface area contributed by atoms with Gasteiger partial charge in [-0.1, -0.05) is 47.3 Å². The van der Waals surface area contributed by atoms with E-state index in [1.54, 1.807) is 13.1 Å². The number of Topliss-reactive ketones (excluding diaryl/α,β-unsaturated/α-hetero) is 1. The number of aliphatic imine (C=N–C) groups is 1. The second kappa shape index (κ2) is 10.7. The van der Waals surface area contributed by atoms with Crippen molar-refractivity contribution in [1.82, 2.24) is 9.97 Å². The predicted molar refractivity (Wildman–Crippen MR) is 149 cm³/mol. The first-order valence-electron chi connectivity index (χ1n) is 12.9. The number of aryl methyl sites for hydroxylation is 1. The SMILES string of the molecule is CCOC(=O)[C@H](Cc1ccc(Nc2nc(C)cc3ccncc23)cc1)N=C1C(Br)C(=O)C12CCCCC2. The van der Waals surface area contributed by atoms with E-state index in [0.29, 0.717) is 6.42 Å². The van der Waals surface area contributed by atoms with Crippen molar-refractivity contribution < 1.29 is 14.3 Å². The van der Waals surface area contributed by atoms with E-state index in [4.69, 9.17) is 9.73 Å². The van der Waals surface area contributed by atoms with Gasteiger partial charge in [0.15, 0.2) is 11.8 Å². The molecule has 2 aromatic heterocycles. The number of hydrogen-bond donors (Lipinski definition) is 1. The summed E-state index contributed by atoms with van der Waals surface area (Å²) in [6.45, 7) is 4.05. The zero-order chi connectivity index (χ0) is 26.0. The van der Waals surface area contributed by atoms with Crippen molar-refractivity contribution in [2.24, 2.45) is 10.4 Å². The van der Waals surface area contributed by atoms with E-state index >= 15 is 0 Å². The van der Waals surface area contributed by atoms with Crippen LogP contribution in [0.25, 0.3) is 10.8 Å². The molecular formula is C29H31BrN4O3. The first-order valence-corrected chi connectivity index (χ1v) is 13.8. The Labute approximate surface area is 225 Å². The zero-order valence-electron chi connectivity index (χ0n) is 21.2. The second-order valence-electron chi connectivity index (χ2n) is 9.89. The molecule has 0 aliphatic heterocycles. The highest BCUT2D eigenvalue weighted by atomic mass is 79.9. The van der Waals surface area contributed by atoms with Gasteiger partial charge in [0, 0.05) is 41.3 Å². The van der Waals surface area contributed by atoms with Gasteiger partial charge in [-0.15, -0.1) is 0 Å². The van der Waals surface area contributed by atoms with Gasteiger partial charge in [0.05, 0.1) is 12.0 Å². The van der Waals surface area contributed by atoms with Crippen LogP contribution in [0.15, 0.2) is 53.8 Å². The number of hydrogen-bond acceptors (Lipinski definition) is 7.